The molecule has 9 heteroatoms. The van der Waals surface area contributed by atoms with Gasteiger partial charge in [0.25, 0.3) is 0 Å². The number of alkyl halides is 1. The summed E-state index contributed by atoms with van der Waals surface area (Å²) < 4.78 is 25.6. The average Bonchev–Trinajstić information content (AvgIpc) is 3.15. The third-order valence-electron chi connectivity index (χ3n) is 4.58. The van der Waals surface area contributed by atoms with Crippen LogP contribution in [0.1, 0.15) is 12.0 Å². The van der Waals surface area contributed by atoms with Crippen LogP contribution in [0.4, 0.5) is 9.18 Å². The van der Waals surface area contributed by atoms with Crippen molar-refractivity contribution in [3.8, 4) is 17.0 Å². The number of hydrogen-bond donors (Lipinski definition) is 2. The third kappa shape index (κ3) is 5.48. The zero-order valence-electron chi connectivity index (χ0n) is 16.5. The van der Waals surface area contributed by atoms with E-state index < -0.39 is 11.9 Å². The minimum absolute atomic E-state index is 0.308. The van der Waals surface area contributed by atoms with Crippen LogP contribution in [0.25, 0.3) is 22.2 Å². The van der Waals surface area contributed by atoms with Gasteiger partial charge in [-0.1, -0.05) is 28.1 Å². The Balaban J connectivity index is 1.52. The minimum Gasteiger partial charge on any atom is -0.493 e. The van der Waals surface area contributed by atoms with Crippen molar-refractivity contribution in [3.63, 3.8) is 0 Å². The molecular weight excluding hydrogens is 457 g/mol. The van der Waals surface area contributed by atoms with Gasteiger partial charge < -0.3 is 19.5 Å². The number of nitrogens with zero attached hydrogens (tertiary/aromatic N) is 2. The molecule has 0 radical (unpaired) electrons. The van der Waals surface area contributed by atoms with E-state index in [0.717, 1.165) is 26.7 Å². The van der Waals surface area contributed by atoms with Crippen molar-refractivity contribution in [2.24, 2.45) is 0 Å². The van der Waals surface area contributed by atoms with Crippen molar-refractivity contribution in [2.45, 2.75) is 11.8 Å². The van der Waals surface area contributed by atoms with Crippen LogP contribution < -0.4 is 4.74 Å². The third-order valence-corrected chi connectivity index (χ3v) is 5.22. The zero-order valence-corrected chi connectivity index (χ0v) is 18.1. The molecule has 0 unspecified atom stereocenters. The monoisotopic (exact) mass is 479 g/mol. The van der Waals surface area contributed by atoms with Crippen molar-refractivity contribution < 1.29 is 23.8 Å². The maximum absolute atomic E-state index is 14.7. The number of hydrogen-bond acceptors (Lipinski definition) is 4. The van der Waals surface area contributed by atoms with E-state index >= 15 is 0 Å². The fourth-order valence-electron chi connectivity index (χ4n) is 2.88. The molecule has 0 spiro atoms. The van der Waals surface area contributed by atoms with Crippen LogP contribution >= 0.6 is 15.9 Å². The highest BCUT2D eigenvalue weighted by atomic mass is 79.9. The molecule has 3 rings (SSSR count). The number of nitrogens with one attached hydrogen (secondary N) is 1. The molecule has 2 N–H and O–H groups in total. The molecule has 1 amide bonds. The lowest BCUT2D eigenvalue weighted by molar-refractivity contribution is 0.0944. The summed E-state index contributed by atoms with van der Waals surface area (Å²) in [6.07, 6.45) is -0.376. The molecule has 1 heterocycles. The highest BCUT2D eigenvalue weighted by Gasteiger charge is 2.14. The lowest BCUT2D eigenvalue weighted by atomic mass is 10.1. The van der Waals surface area contributed by atoms with E-state index in [1.807, 2.05) is 18.2 Å². The Morgan fingerprint density at radius 3 is 2.80 bits per heavy atom. The molecule has 0 aliphatic heterocycles. The molecule has 1 aromatic heterocycles. The van der Waals surface area contributed by atoms with Gasteiger partial charge in [0.2, 0.25) is 0 Å². The van der Waals surface area contributed by atoms with Gasteiger partial charge in [-0.15, -0.1) is 0 Å². The Labute approximate surface area is 181 Å². The SMILES string of the molecule is CN(CCOCCCOc1ccc(-c2n[nH]c3cc(CBr)ccc23)c(F)c1)C(=O)O. The Morgan fingerprint density at radius 1 is 1.23 bits per heavy atom. The second-order valence-corrected chi connectivity index (χ2v) is 7.31. The summed E-state index contributed by atoms with van der Waals surface area (Å²) in [4.78, 5) is 11.8. The number of rotatable bonds is 10. The summed E-state index contributed by atoms with van der Waals surface area (Å²) in [5.41, 5.74) is 2.94. The molecule has 0 aliphatic carbocycles. The molecule has 2 aromatic carbocycles. The maximum Gasteiger partial charge on any atom is 0.407 e. The molecule has 0 aliphatic rings. The van der Waals surface area contributed by atoms with E-state index in [0.29, 0.717) is 49.8 Å². The summed E-state index contributed by atoms with van der Waals surface area (Å²) in [6, 6.07) is 10.6. The number of H-pyrrole nitrogens is 1. The molecule has 0 saturated heterocycles. The number of aromatic amines is 1. The normalized spacial score (nSPS) is 11.0. The Hall–Kier alpha value is -2.65. The summed E-state index contributed by atoms with van der Waals surface area (Å²) in [5, 5.41) is 17.6. The minimum atomic E-state index is -0.987. The van der Waals surface area contributed by atoms with Crippen LogP contribution in [0.3, 0.4) is 0 Å². The number of amides is 1. The summed E-state index contributed by atoms with van der Waals surface area (Å²) in [7, 11) is 1.49. The molecule has 7 nitrogen and oxygen atoms in total. The fourth-order valence-corrected chi connectivity index (χ4v) is 3.23. The summed E-state index contributed by atoms with van der Waals surface area (Å²) >= 11 is 3.42. The van der Waals surface area contributed by atoms with Gasteiger partial charge >= 0.3 is 6.09 Å². The first-order valence-corrected chi connectivity index (χ1v) is 10.6. The zero-order chi connectivity index (χ0) is 21.5. The summed E-state index contributed by atoms with van der Waals surface area (Å²) in [6.45, 7) is 1.43. The lowest BCUT2D eigenvalue weighted by Crippen LogP contribution is -2.28. The van der Waals surface area contributed by atoms with Gasteiger partial charge in [0.15, 0.2) is 0 Å². The molecule has 0 fully saturated rings. The number of carbonyl (C=O) groups is 1. The van der Waals surface area contributed by atoms with E-state index in [1.54, 1.807) is 12.1 Å². The number of likely N-dealkylation sites (N-methyl/N-ethyl adjacent to an activating group) is 1. The topological polar surface area (TPSA) is 87.7 Å². The van der Waals surface area contributed by atoms with Crippen LogP contribution in [0.15, 0.2) is 36.4 Å². The van der Waals surface area contributed by atoms with Gasteiger partial charge in [-0.2, -0.15) is 5.10 Å². The average molecular weight is 480 g/mol. The van der Waals surface area contributed by atoms with Crippen LogP contribution in [0, 0.1) is 5.82 Å². The van der Waals surface area contributed by atoms with Crippen molar-refractivity contribution in [1.29, 1.82) is 0 Å². The number of ether oxygens (including phenoxy) is 2. The Bertz CT molecular complexity index is 1010. The molecule has 3 aromatic rings. The van der Waals surface area contributed by atoms with Gasteiger partial charge in [0, 0.05) is 49.0 Å². The fraction of sp³-hybridized carbons (Fsp3) is 0.333. The number of carboxylic acid groups (broad SMARTS) is 1. The molecule has 0 saturated carbocycles. The first-order valence-electron chi connectivity index (χ1n) is 9.47. The van der Waals surface area contributed by atoms with Crippen LogP contribution in [0.5, 0.6) is 5.75 Å². The number of halogens is 2. The van der Waals surface area contributed by atoms with Crippen molar-refractivity contribution >= 4 is 32.9 Å². The van der Waals surface area contributed by atoms with E-state index in [2.05, 4.69) is 26.1 Å². The van der Waals surface area contributed by atoms with Crippen LogP contribution in [0.2, 0.25) is 0 Å². The second-order valence-electron chi connectivity index (χ2n) is 6.75. The predicted octanol–water partition coefficient (Wildman–Crippen LogP) is 4.66. The molecule has 0 atom stereocenters. The number of aromatic nitrogens is 2. The first kappa shape index (κ1) is 22.0. The number of fused-ring (bicyclic) bond motifs is 1. The number of benzene rings is 2. The van der Waals surface area contributed by atoms with Gasteiger partial charge in [-0.3, -0.25) is 5.10 Å². The molecule has 0 bridgehead atoms. The van der Waals surface area contributed by atoms with E-state index in [-0.39, 0.29) is 0 Å². The maximum atomic E-state index is 14.7. The quantitative estimate of drug-likeness (QED) is 0.326. The van der Waals surface area contributed by atoms with E-state index in [9.17, 15) is 9.18 Å². The largest absolute Gasteiger partial charge is 0.493 e. The Kier molecular flexibility index (Phi) is 7.64. The highest BCUT2D eigenvalue weighted by Crippen LogP contribution is 2.31. The molecular formula is C21H23BrFN3O4. The second kappa shape index (κ2) is 10.4. The lowest BCUT2D eigenvalue weighted by Gasteiger charge is -2.12. The van der Waals surface area contributed by atoms with Crippen molar-refractivity contribution in [2.75, 3.05) is 33.4 Å². The van der Waals surface area contributed by atoms with Crippen LogP contribution in [-0.4, -0.2) is 59.7 Å². The van der Waals surface area contributed by atoms with E-state index in [1.165, 1.54) is 13.1 Å². The van der Waals surface area contributed by atoms with E-state index in [4.69, 9.17) is 14.6 Å². The molecule has 30 heavy (non-hydrogen) atoms. The van der Waals surface area contributed by atoms with Crippen molar-refractivity contribution in [3.05, 3.63) is 47.8 Å². The Morgan fingerprint density at radius 2 is 2.07 bits per heavy atom. The van der Waals surface area contributed by atoms with Gasteiger partial charge in [0.1, 0.15) is 17.3 Å². The predicted molar refractivity (Wildman–Crippen MR) is 116 cm³/mol. The first-order chi connectivity index (χ1) is 14.5. The van der Waals surface area contributed by atoms with Gasteiger partial charge in [-0.05, 0) is 23.8 Å². The van der Waals surface area contributed by atoms with Crippen molar-refractivity contribution in [1.82, 2.24) is 15.1 Å². The van der Waals surface area contributed by atoms with Crippen LogP contribution in [-0.2, 0) is 10.1 Å². The standard InChI is InChI=1S/C21H23BrFN3O4/c1-26(21(27)28)7-10-29-8-2-9-30-15-4-6-16(18(23)12-15)20-17-5-3-14(13-22)11-19(17)24-25-20/h3-6,11-12H,2,7-10,13H2,1H3,(H,24,25)(H,27,28). The van der Waals surface area contributed by atoms with Gasteiger partial charge in [-0.25, -0.2) is 9.18 Å². The van der Waals surface area contributed by atoms with Gasteiger partial charge in [0.05, 0.1) is 18.7 Å². The highest BCUT2D eigenvalue weighted by molar-refractivity contribution is 9.08. The molecule has 160 valence electrons. The summed E-state index contributed by atoms with van der Waals surface area (Å²) in [5.74, 6) is 0.0294. The smallest absolute Gasteiger partial charge is 0.407 e.